The Hall–Kier alpha value is -1.94. The molecule has 0 fully saturated rings. The van der Waals surface area contributed by atoms with E-state index in [2.05, 4.69) is 34.6 Å². The van der Waals surface area contributed by atoms with Gasteiger partial charge in [-0.1, -0.05) is 420 Å². The van der Waals surface area contributed by atoms with Crippen molar-refractivity contribution in [3.05, 3.63) is 0 Å². The van der Waals surface area contributed by atoms with Gasteiger partial charge >= 0.3 is 39.5 Å². The molecule has 0 rings (SSSR count). The number of phosphoric acid groups is 2. The Morgan fingerprint density at radius 1 is 0.255 bits per heavy atom. The molecule has 0 aromatic heterocycles. The molecule has 0 saturated carbocycles. The first kappa shape index (κ1) is 104. The fraction of sp³-hybridized carbons (Fsp3) is 0.954. The molecular formula is C87H170O17P2. The minimum atomic E-state index is -4.97. The topological polar surface area (TPSA) is 237 Å². The summed E-state index contributed by atoms with van der Waals surface area (Å²) >= 11 is 0. The quantitative estimate of drug-likeness (QED) is 0.0222. The minimum Gasteiger partial charge on any atom is -0.462 e. The highest BCUT2D eigenvalue weighted by molar-refractivity contribution is 7.47. The van der Waals surface area contributed by atoms with Crippen LogP contribution >= 0.6 is 15.6 Å². The first-order chi connectivity index (χ1) is 51.5. The normalized spacial score (nSPS) is 13.7. The van der Waals surface area contributed by atoms with Gasteiger partial charge in [0.05, 0.1) is 26.4 Å². The largest absolute Gasteiger partial charge is 0.472 e. The molecule has 0 heterocycles. The van der Waals surface area contributed by atoms with E-state index in [9.17, 15) is 43.2 Å². The van der Waals surface area contributed by atoms with Crippen LogP contribution in [0.2, 0.25) is 0 Å². The zero-order chi connectivity index (χ0) is 77.6. The summed E-state index contributed by atoms with van der Waals surface area (Å²) in [6.45, 7) is 7.41. The van der Waals surface area contributed by atoms with Crippen LogP contribution in [0.3, 0.4) is 0 Å². The smallest absolute Gasteiger partial charge is 0.462 e. The Bertz CT molecular complexity index is 2010. The third-order valence-corrected chi connectivity index (χ3v) is 22.4. The van der Waals surface area contributed by atoms with Gasteiger partial charge in [-0.2, -0.15) is 0 Å². The molecule has 0 saturated heterocycles. The maximum atomic E-state index is 13.2. The maximum absolute atomic E-state index is 13.2. The number of ether oxygens (including phenoxy) is 4. The van der Waals surface area contributed by atoms with Crippen molar-refractivity contribution >= 4 is 39.5 Å². The SMILES string of the molecule is CCCCCCCCCCCCCCCCCCCCCC(=O)OC[C@H](COP(=O)(O)OC[C@@H](O)COP(=O)(O)OC[C@@H](COC(=O)CCCCCCCCCCCCCCC)OC(=O)CCCCCCCCCCCCCCCCC)OC(=O)CCCCCCCCCCCCCCCCCCC(C)C. The molecule has 5 atom stereocenters. The molecule has 0 radical (unpaired) electrons. The van der Waals surface area contributed by atoms with Gasteiger partial charge in [0.15, 0.2) is 12.2 Å². The molecule has 0 aliphatic carbocycles. The summed E-state index contributed by atoms with van der Waals surface area (Å²) < 4.78 is 69.0. The van der Waals surface area contributed by atoms with Crippen molar-refractivity contribution in [3.63, 3.8) is 0 Å². The highest BCUT2D eigenvalue weighted by atomic mass is 31.2. The zero-order valence-corrected chi connectivity index (χ0v) is 71.4. The molecule has 0 aliphatic heterocycles. The van der Waals surface area contributed by atoms with Crippen molar-refractivity contribution in [2.45, 2.75) is 490 Å². The first-order valence-corrected chi connectivity index (χ1v) is 48.1. The average molecular weight is 1550 g/mol. The lowest BCUT2D eigenvalue weighted by Crippen LogP contribution is -2.30. The Morgan fingerprint density at radius 3 is 0.642 bits per heavy atom. The van der Waals surface area contributed by atoms with Gasteiger partial charge in [0, 0.05) is 25.7 Å². The van der Waals surface area contributed by atoms with Crippen LogP contribution in [-0.4, -0.2) is 96.7 Å². The van der Waals surface area contributed by atoms with Gasteiger partial charge in [-0.05, 0) is 31.6 Å². The van der Waals surface area contributed by atoms with Crippen LogP contribution in [0, 0.1) is 5.92 Å². The third-order valence-electron chi connectivity index (χ3n) is 20.5. The summed E-state index contributed by atoms with van der Waals surface area (Å²) in [7, 11) is -9.93. The van der Waals surface area contributed by atoms with Crippen LogP contribution in [0.5, 0.6) is 0 Å². The van der Waals surface area contributed by atoms with Crippen LogP contribution in [0.25, 0.3) is 0 Å². The molecule has 19 heteroatoms. The molecular weight excluding hydrogens is 1380 g/mol. The molecule has 3 N–H and O–H groups in total. The summed E-state index contributed by atoms with van der Waals surface area (Å²) in [4.78, 5) is 73.3. The first-order valence-electron chi connectivity index (χ1n) is 45.1. The molecule has 0 aliphatic rings. The lowest BCUT2D eigenvalue weighted by atomic mass is 10.0. The van der Waals surface area contributed by atoms with Gasteiger partial charge in [-0.25, -0.2) is 9.13 Å². The summed E-state index contributed by atoms with van der Waals surface area (Å²) in [5.41, 5.74) is 0. The second-order valence-electron chi connectivity index (χ2n) is 31.8. The van der Waals surface area contributed by atoms with Crippen LogP contribution < -0.4 is 0 Å². The molecule has 0 aromatic rings. The lowest BCUT2D eigenvalue weighted by molar-refractivity contribution is -0.161. The van der Waals surface area contributed by atoms with Crippen molar-refractivity contribution < 1.29 is 80.2 Å². The number of hydrogen-bond acceptors (Lipinski definition) is 15. The third kappa shape index (κ3) is 80.1. The number of aliphatic hydroxyl groups excluding tert-OH is 1. The Kier molecular flexibility index (Phi) is 78.2. The number of rotatable bonds is 87. The molecule has 630 valence electrons. The number of esters is 4. The van der Waals surface area contributed by atoms with E-state index >= 15 is 0 Å². The number of hydrogen-bond donors (Lipinski definition) is 3. The Balaban J connectivity index is 5.26. The van der Waals surface area contributed by atoms with Gasteiger partial charge in [0.1, 0.15) is 19.3 Å². The van der Waals surface area contributed by atoms with E-state index < -0.39 is 97.5 Å². The summed E-state index contributed by atoms with van der Waals surface area (Å²) in [6.07, 6.45) is 73.5. The number of phosphoric ester groups is 2. The second kappa shape index (κ2) is 79.7. The van der Waals surface area contributed by atoms with E-state index in [4.69, 9.17) is 37.0 Å². The molecule has 0 bridgehead atoms. The molecule has 106 heavy (non-hydrogen) atoms. The summed E-state index contributed by atoms with van der Waals surface area (Å²) in [6, 6.07) is 0. The van der Waals surface area contributed by atoms with Gasteiger partial charge in [-0.15, -0.1) is 0 Å². The Labute approximate surface area is 651 Å². The fourth-order valence-corrected chi connectivity index (χ4v) is 15.2. The molecule has 0 spiro atoms. The zero-order valence-electron chi connectivity index (χ0n) is 69.6. The monoisotopic (exact) mass is 1550 g/mol. The van der Waals surface area contributed by atoms with Gasteiger partial charge in [0.25, 0.3) is 0 Å². The molecule has 0 aromatic carbocycles. The van der Waals surface area contributed by atoms with E-state index in [0.29, 0.717) is 25.7 Å². The predicted octanol–water partition coefficient (Wildman–Crippen LogP) is 26.8. The average Bonchev–Trinajstić information content (AvgIpc) is 0.906. The lowest BCUT2D eigenvalue weighted by Gasteiger charge is -2.21. The highest BCUT2D eigenvalue weighted by Crippen LogP contribution is 2.45. The number of carbonyl (C=O) groups excluding carboxylic acids is 4. The predicted molar refractivity (Wildman–Crippen MR) is 437 cm³/mol. The van der Waals surface area contributed by atoms with Crippen molar-refractivity contribution in [1.29, 1.82) is 0 Å². The van der Waals surface area contributed by atoms with Crippen molar-refractivity contribution in [1.82, 2.24) is 0 Å². The molecule has 2 unspecified atom stereocenters. The van der Waals surface area contributed by atoms with Crippen molar-refractivity contribution in [2.24, 2.45) is 5.92 Å². The van der Waals surface area contributed by atoms with E-state index in [1.807, 2.05) is 0 Å². The molecule has 0 amide bonds. The van der Waals surface area contributed by atoms with Crippen molar-refractivity contribution in [2.75, 3.05) is 39.6 Å². The molecule has 17 nitrogen and oxygen atoms in total. The van der Waals surface area contributed by atoms with Crippen LogP contribution in [-0.2, 0) is 65.4 Å². The fourth-order valence-electron chi connectivity index (χ4n) is 13.6. The highest BCUT2D eigenvalue weighted by Gasteiger charge is 2.30. The van der Waals surface area contributed by atoms with Gasteiger partial charge < -0.3 is 33.8 Å². The summed E-state index contributed by atoms with van der Waals surface area (Å²) in [5, 5.41) is 10.7. The van der Waals surface area contributed by atoms with E-state index in [0.717, 1.165) is 95.8 Å². The van der Waals surface area contributed by atoms with Crippen LogP contribution in [0.4, 0.5) is 0 Å². The number of unbranched alkanes of at least 4 members (excludes halogenated alkanes) is 59. The van der Waals surface area contributed by atoms with Gasteiger partial charge in [0.2, 0.25) is 0 Å². The van der Waals surface area contributed by atoms with E-state index in [1.54, 1.807) is 0 Å². The van der Waals surface area contributed by atoms with E-state index in [-0.39, 0.29) is 25.7 Å². The summed E-state index contributed by atoms with van der Waals surface area (Å²) in [5.74, 6) is -1.29. The second-order valence-corrected chi connectivity index (χ2v) is 34.7. The van der Waals surface area contributed by atoms with E-state index in [1.165, 1.54) is 295 Å². The van der Waals surface area contributed by atoms with Crippen molar-refractivity contribution in [3.8, 4) is 0 Å². The maximum Gasteiger partial charge on any atom is 0.472 e. The minimum absolute atomic E-state index is 0.109. The number of aliphatic hydroxyl groups is 1. The van der Waals surface area contributed by atoms with Crippen LogP contribution in [0.15, 0.2) is 0 Å². The Morgan fingerprint density at radius 2 is 0.434 bits per heavy atom. The number of carbonyl (C=O) groups is 4. The standard InChI is InChI=1S/C87H170O17P2/c1-6-9-12-15-18-21-24-27-29-30-31-32-37-41-46-51-56-61-66-71-85(90)98-77-83(104-87(92)73-68-63-58-53-48-43-38-34-33-36-40-44-49-54-59-64-69-80(4)5)79-102-106(95,96)100-75-81(88)74-99-105(93,94)101-78-82(76-97-84(89)70-65-60-55-50-45-39-26-23-20-17-14-11-8-3)103-86(91)72-67-62-57-52-47-42-35-28-25-22-19-16-13-10-7-2/h80-83,88H,6-79H2,1-5H3,(H,93,94)(H,95,96)/t81-,82+,83+/m0/s1. The van der Waals surface area contributed by atoms with Crippen LogP contribution in [0.1, 0.15) is 471 Å². The van der Waals surface area contributed by atoms with Gasteiger partial charge in [-0.3, -0.25) is 37.3 Å².